The Morgan fingerprint density at radius 1 is 1.24 bits per heavy atom. The van der Waals surface area contributed by atoms with Crippen LogP contribution in [0.2, 0.25) is 0 Å². The van der Waals surface area contributed by atoms with Gasteiger partial charge in [0.15, 0.2) is 0 Å². The fraction of sp³-hybridized carbons (Fsp3) is 0.500. The number of benzene rings is 1. The topological polar surface area (TPSA) is 110 Å². The molecular weight excluding hydrogens is 314 g/mol. The zero-order valence-corrected chi connectivity index (χ0v) is 14.1. The second kappa shape index (κ2) is 6.20. The average Bonchev–Trinajstić information content (AvgIpc) is 2.29. The maximum atomic E-state index is 12.1. The van der Waals surface area contributed by atoms with E-state index in [-0.39, 0.29) is 16.7 Å². The number of anilines is 2. The lowest BCUT2D eigenvalue weighted by atomic mass is 10.2. The molecule has 0 saturated carbocycles. The Hall–Kier alpha value is -1.32. The van der Waals surface area contributed by atoms with Crippen LogP contribution in [0.25, 0.3) is 0 Å². The number of sulfonamides is 1. The van der Waals surface area contributed by atoms with Crippen molar-refractivity contribution in [2.24, 2.45) is 0 Å². The minimum Gasteiger partial charge on any atom is -0.397 e. The molecule has 9 heteroatoms. The molecule has 0 aliphatic carbocycles. The summed E-state index contributed by atoms with van der Waals surface area (Å²) in [4.78, 5) is 0.0933. The zero-order chi connectivity index (χ0) is 16.4. The Bertz CT molecular complexity index is 712. The molecule has 0 radical (unpaired) electrons. The van der Waals surface area contributed by atoms with Crippen molar-refractivity contribution in [3.63, 3.8) is 0 Å². The second-order valence-corrected chi connectivity index (χ2v) is 9.51. The van der Waals surface area contributed by atoms with Gasteiger partial charge in [0.1, 0.15) is 9.84 Å². The van der Waals surface area contributed by atoms with Gasteiger partial charge in [-0.05, 0) is 25.1 Å². The number of hydrogen-bond donors (Lipinski definition) is 2. The molecule has 1 aromatic rings. The van der Waals surface area contributed by atoms with Gasteiger partial charge in [-0.3, -0.25) is 0 Å². The van der Waals surface area contributed by atoms with Gasteiger partial charge in [-0.1, -0.05) is 0 Å². The summed E-state index contributed by atoms with van der Waals surface area (Å²) < 4.78 is 47.8. The molecule has 0 aliphatic heterocycles. The van der Waals surface area contributed by atoms with E-state index in [1.165, 1.54) is 32.3 Å². The highest BCUT2D eigenvalue weighted by Crippen LogP contribution is 2.25. The van der Waals surface area contributed by atoms with Gasteiger partial charge >= 0.3 is 0 Å². The van der Waals surface area contributed by atoms with E-state index in [1.807, 2.05) is 0 Å². The molecule has 0 aromatic heterocycles. The number of nitrogens with zero attached hydrogens (tertiary/aromatic N) is 1. The standard InChI is InChI=1S/C12H21N3O4S2/c1-9(8-20(4,16)17)14-12-7-10(5-6-11(12)13)21(18,19)15(2)3/h5-7,9,14H,8,13H2,1-4H3. The van der Waals surface area contributed by atoms with Crippen molar-refractivity contribution in [2.45, 2.75) is 17.9 Å². The van der Waals surface area contributed by atoms with E-state index in [4.69, 9.17) is 5.73 Å². The third-order valence-corrected chi connectivity index (χ3v) is 5.67. The van der Waals surface area contributed by atoms with E-state index in [0.717, 1.165) is 10.6 Å². The molecule has 0 heterocycles. The summed E-state index contributed by atoms with van der Waals surface area (Å²) in [7, 11) is -3.83. The van der Waals surface area contributed by atoms with Crippen LogP contribution >= 0.6 is 0 Å². The normalized spacial score (nSPS) is 14.1. The van der Waals surface area contributed by atoms with E-state index >= 15 is 0 Å². The van der Waals surface area contributed by atoms with Crippen LogP contribution in [0.4, 0.5) is 11.4 Å². The van der Waals surface area contributed by atoms with Crippen LogP contribution < -0.4 is 11.1 Å². The van der Waals surface area contributed by atoms with Crippen molar-refractivity contribution >= 4 is 31.2 Å². The summed E-state index contributed by atoms with van der Waals surface area (Å²) >= 11 is 0. The predicted molar refractivity (Wildman–Crippen MR) is 84.5 cm³/mol. The van der Waals surface area contributed by atoms with Crippen LogP contribution in [-0.2, 0) is 19.9 Å². The van der Waals surface area contributed by atoms with Gasteiger partial charge in [-0.15, -0.1) is 0 Å². The summed E-state index contributed by atoms with van der Waals surface area (Å²) in [5, 5.41) is 2.93. The molecule has 1 atom stereocenters. The molecular formula is C12H21N3O4S2. The van der Waals surface area contributed by atoms with Gasteiger partial charge in [0.2, 0.25) is 10.0 Å². The quantitative estimate of drug-likeness (QED) is 0.727. The Balaban J connectivity index is 3.10. The Morgan fingerprint density at radius 3 is 2.29 bits per heavy atom. The number of nitrogen functional groups attached to an aromatic ring is 1. The molecule has 3 N–H and O–H groups in total. The first-order valence-corrected chi connectivity index (χ1v) is 9.70. The van der Waals surface area contributed by atoms with E-state index < -0.39 is 19.9 Å². The van der Waals surface area contributed by atoms with Gasteiger partial charge in [0.25, 0.3) is 0 Å². The van der Waals surface area contributed by atoms with E-state index in [9.17, 15) is 16.8 Å². The van der Waals surface area contributed by atoms with E-state index in [2.05, 4.69) is 5.32 Å². The van der Waals surface area contributed by atoms with E-state index in [1.54, 1.807) is 6.92 Å². The Labute approximate surface area is 126 Å². The van der Waals surface area contributed by atoms with Crippen molar-refractivity contribution in [3.05, 3.63) is 18.2 Å². The summed E-state index contributed by atoms with van der Waals surface area (Å²) in [5.74, 6) is -0.0723. The molecule has 1 unspecified atom stereocenters. The Morgan fingerprint density at radius 2 is 1.81 bits per heavy atom. The maximum absolute atomic E-state index is 12.1. The van der Waals surface area contributed by atoms with Crippen molar-refractivity contribution in [1.82, 2.24) is 4.31 Å². The molecule has 0 spiro atoms. The molecule has 0 aliphatic rings. The molecule has 0 amide bonds. The highest BCUT2D eigenvalue weighted by molar-refractivity contribution is 7.90. The first-order chi connectivity index (χ1) is 9.43. The third-order valence-electron chi connectivity index (χ3n) is 2.76. The maximum Gasteiger partial charge on any atom is 0.242 e. The van der Waals surface area contributed by atoms with Crippen molar-refractivity contribution in [2.75, 3.05) is 37.2 Å². The number of nitrogens with two attached hydrogens (primary N) is 1. The fourth-order valence-corrected chi connectivity index (χ4v) is 3.71. The molecule has 1 aromatic carbocycles. The number of rotatable bonds is 6. The lowest BCUT2D eigenvalue weighted by Crippen LogP contribution is -2.26. The largest absolute Gasteiger partial charge is 0.397 e. The average molecular weight is 335 g/mol. The molecule has 0 saturated heterocycles. The van der Waals surface area contributed by atoms with Gasteiger partial charge in [0.05, 0.1) is 22.0 Å². The lowest BCUT2D eigenvalue weighted by molar-refractivity contribution is 0.521. The van der Waals surface area contributed by atoms with Crippen LogP contribution in [0.15, 0.2) is 23.1 Å². The fourth-order valence-electron chi connectivity index (χ4n) is 1.79. The summed E-state index contributed by atoms with van der Waals surface area (Å²) in [5.41, 5.74) is 6.55. The van der Waals surface area contributed by atoms with Crippen LogP contribution in [0.5, 0.6) is 0 Å². The monoisotopic (exact) mass is 335 g/mol. The highest BCUT2D eigenvalue weighted by Gasteiger charge is 2.19. The van der Waals surface area contributed by atoms with Crippen LogP contribution in [-0.4, -0.2) is 53.3 Å². The van der Waals surface area contributed by atoms with Gasteiger partial charge < -0.3 is 11.1 Å². The van der Waals surface area contributed by atoms with Crippen LogP contribution in [0, 0.1) is 0 Å². The molecule has 0 fully saturated rings. The zero-order valence-electron chi connectivity index (χ0n) is 12.5. The SMILES string of the molecule is CC(CS(C)(=O)=O)Nc1cc(S(=O)(=O)N(C)C)ccc1N. The van der Waals surface area contributed by atoms with Crippen molar-refractivity contribution in [3.8, 4) is 0 Å². The smallest absolute Gasteiger partial charge is 0.242 e. The summed E-state index contributed by atoms with van der Waals surface area (Å²) in [6.07, 6.45) is 1.14. The minimum atomic E-state index is -3.57. The summed E-state index contributed by atoms with van der Waals surface area (Å²) in [6, 6.07) is 3.91. The van der Waals surface area contributed by atoms with E-state index in [0.29, 0.717) is 11.4 Å². The number of nitrogens with one attached hydrogen (secondary N) is 1. The minimum absolute atomic E-state index is 0.0723. The molecule has 0 bridgehead atoms. The van der Waals surface area contributed by atoms with Gasteiger partial charge in [-0.25, -0.2) is 21.1 Å². The molecule has 21 heavy (non-hydrogen) atoms. The van der Waals surface area contributed by atoms with Gasteiger partial charge in [0, 0.05) is 26.4 Å². The molecule has 120 valence electrons. The molecule has 7 nitrogen and oxygen atoms in total. The number of hydrogen-bond acceptors (Lipinski definition) is 6. The second-order valence-electron chi connectivity index (χ2n) is 5.17. The highest BCUT2D eigenvalue weighted by atomic mass is 32.2. The van der Waals surface area contributed by atoms with Crippen LogP contribution in [0.3, 0.4) is 0 Å². The first-order valence-electron chi connectivity index (χ1n) is 6.20. The first kappa shape index (κ1) is 17.7. The number of sulfone groups is 1. The third kappa shape index (κ3) is 4.87. The summed E-state index contributed by atoms with van der Waals surface area (Å²) in [6.45, 7) is 1.69. The van der Waals surface area contributed by atoms with Crippen LogP contribution in [0.1, 0.15) is 6.92 Å². The van der Waals surface area contributed by atoms with Crippen molar-refractivity contribution in [1.29, 1.82) is 0 Å². The van der Waals surface area contributed by atoms with Crippen molar-refractivity contribution < 1.29 is 16.8 Å². The lowest BCUT2D eigenvalue weighted by Gasteiger charge is -2.18. The van der Waals surface area contributed by atoms with Gasteiger partial charge in [-0.2, -0.15) is 0 Å². The predicted octanol–water partition coefficient (Wildman–Crippen LogP) is 0.364. The Kier molecular flexibility index (Phi) is 5.24. The molecule has 1 rings (SSSR count).